The molecule has 1 aliphatic rings. The molecule has 0 unspecified atom stereocenters. The van der Waals surface area contributed by atoms with Gasteiger partial charge in [-0.2, -0.15) is 5.10 Å². The summed E-state index contributed by atoms with van der Waals surface area (Å²) in [4.78, 5) is 13.4. The molecule has 0 saturated carbocycles. The van der Waals surface area contributed by atoms with Crippen LogP contribution in [0.15, 0.2) is 6.20 Å². The number of aromatic amines is 1. The largest absolute Gasteiger partial charge is 0.343 e. The third-order valence-corrected chi connectivity index (χ3v) is 4.19. The summed E-state index contributed by atoms with van der Waals surface area (Å²) in [5, 5.41) is 10.6. The second kappa shape index (κ2) is 6.19. The van der Waals surface area contributed by atoms with Crippen LogP contribution in [-0.4, -0.2) is 40.1 Å². The quantitative estimate of drug-likeness (QED) is 0.865. The molecular formula is C14H24N4O. The molecule has 5 nitrogen and oxygen atoms in total. The van der Waals surface area contributed by atoms with Gasteiger partial charge < -0.3 is 10.2 Å². The van der Waals surface area contributed by atoms with E-state index in [1.54, 1.807) is 6.92 Å². The zero-order chi connectivity index (χ0) is 13.8. The number of amides is 1. The number of carbonyl (C=O) groups is 1. The number of aromatic nitrogens is 2. The van der Waals surface area contributed by atoms with Crippen molar-refractivity contribution in [1.82, 2.24) is 20.4 Å². The zero-order valence-electron chi connectivity index (χ0n) is 12.1. The molecule has 0 bridgehead atoms. The minimum Gasteiger partial charge on any atom is -0.343 e. The van der Waals surface area contributed by atoms with Gasteiger partial charge in [-0.1, -0.05) is 13.3 Å². The van der Waals surface area contributed by atoms with Crippen LogP contribution in [-0.2, 0) is 11.3 Å². The summed E-state index contributed by atoms with van der Waals surface area (Å²) in [6, 6.07) is 0.495. The molecule has 5 heteroatoms. The molecule has 1 aromatic rings. The van der Waals surface area contributed by atoms with Gasteiger partial charge in [0.2, 0.25) is 5.91 Å². The van der Waals surface area contributed by atoms with Crippen molar-refractivity contribution >= 4 is 5.91 Å². The normalized spacial score (nSPS) is 23.6. The SMILES string of the molecule is CC[C@H]1CN(C(C)=O)CC[C@H]1NCc1cn[nH]c1C. The first-order valence-electron chi connectivity index (χ1n) is 7.09. The first kappa shape index (κ1) is 14.1. The van der Waals surface area contributed by atoms with E-state index in [4.69, 9.17) is 0 Å². The van der Waals surface area contributed by atoms with Crippen molar-refractivity contribution < 1.29 is 4.79 Å². The van der Waals surface area contributed by atoms with Gasteiger partial charge in [-0.15, -0.1) is 0 Å². The van der Waals surface area contributed by atoms with Gasteiger partial charge in [0.05, 0.1) is 6.20 Å². The maximum Gasteiger partial charge on any atom is 0.219 e. The fraction of sp³-hybridized carbons (Fsp3) is 0.714. The summed E-state index contributed by atoms with van der Waals surface area (Å²) >= 11 is 0. The number of nitrogens with one attached hydrogen (secondary N) is 2. The van der Waals surface area contributed by atoms with Crippen molar-refractivity contribution in [3.63, 3.8) is 0 Å². The van der Waals surface area contributed by atoms with Crippen LogP contribution < -0.4 is 5.32 Å². The number of hydrogen-bond donors (Lipinski definition) is 2. The standard InChI is InChI=1S/C14H24N4O/c1-4-12-9-18(11(3)19)6-5-14(12)15-7-13-8-16-17-10(13)2/h8,12,14-15H,4-7,9H2,1-3H3,(H,16,17)/t12-,14+/m0/s1. The Balaban J connectivity index is 1.90. The first-order valence-corrected chi connectivity index (χ1v) is 7.09. The van der Waals surface area contributed by atoms with E-state index in [0.717, 1.165) is 38.2 Å². The fourth-order valence-corrected chi connectivity index (χ4v) is 2.80. The van der Waals surface area contributed by atoms with E-state index in [9.17, 15) is 4.79 Å². The first-order chi connectivity index (χ1) is 9.11. The average Bonchev–Trinajstić information content (AvgIpc) is 2.81. The van der Waals surface area contributed by atoms with Gasteiger partial charge in [0.15, 0.2) is 0 Å². The van der Waals surface area contributed by atoms with Gasteiger partial charge in [-0.25, -0.2) is 0 Å². The highest BCUT2D eigenvalue weighted by Gasteiger charge is 2.28. The maximum atomic E-state index is 11.4. The Kier molecular flexibility index (Phi) is 4.58. The Morgan fingerprint density at radius 2 is 2.42 bits per heavy atom. The van der Waals surface area contributed by atoms with E-state index in [0.29, 0.717) is 12.0 Å². The highest BCUT2D eigenvalue weighted by molar-refractivity contribution is 5.73. The predicted molar refractivity (Wildman–Crippen MR) is 74.6 cm³/mol. The van der Waals surface area contributed by atoms with Crippen molar-refractivity contribution in [2.75, 3.05) is 13.1 Å². The van der Waals surface area contributed by atoms with E-state index in [2.05, 4.69) is 22.4 Å². The van der Waals surface area contributed by atoms with Crippen molar-refractivity contribution in [2.24, 2.45) is 5.92 Å². The third kappa shape index (κ3) is 3.35. The molecule has 1 aliphatic heterocycles. The summed E-state index contributed by atoms with van der Waals surface area (Å²) in [7, 11) is 0. The Labute approximate surface area is 114 Å². The lowest BCUT2D eigenvalue weighted by Crippen LogP contribution is -2.50. The lowest BCUT2D eigenvalue weighted by Gasteiger charge is -2.38. The number of hydrogen-bond acceptors (Lipinski definition) is 3. The molecule has 0 radical (unpaired) electrons. The molecule has 1 saturated heterocycles. The number of piperidine rings is 1. The van der Waals surface area contributed by atoms with Crippen LogP contribution in [0, 0.1) is 12.8 Å². The second-order valence-corrected chi connectivity index (χ2v) is 5.43. The van der Waals surface area contributed by atoms with E-state index in [1.807, 2.05) is 18.0 Å². The smallest absolute Gasteiger partial charge is 0.219 e. The summed E-state index contributed by atoms with van der Waals surface area (Å²) in [6.07, 6.45) is 4.02. The molecule has 2 atom stereocenters. The van der Waals surface area contributed by atoms with Gasteiger partial charge in [0.25, 0.3) is 0 Å². The number of H-pyrrole nitrogens is 1. The molecule has 2 N–H and O–H groups in total. The lowest BCUT2D eigenvalue weighted by atomic mass is 9.89. The molecule has 2 heterocycles. The maximum absolute atomic E-state index is 11.4. The predicted octanol–water partition coefficient (Wildman–Crippen LogP) is 1.45. The van der Waals surface area contributed by atoms with Crippen molar-refractivity contribution in [3.8, 4) is 0 Å². The van der Waals surface area contributed by atoms with Gasteiger partial charge in [0.1, 0.15) is 0 Å². The van der Waals surface area contributed by atoms with Gasteiger partial charge in [-0.05, 0) is 19.3 Å². The average molecular weight is 264 g/mol. The summed E-state index contributed by atoms with van der Waals surface area (Å²) in [5.74, 6) is 0.743. The Bertz CT molecular complexity index is 429. The topological polar surface area (TPSA) is 61.0 Å². The molecular weight excluding hydrogens is 240 g/mol. The Morgan fingerprint density at radius 3 is 3.00 bits per heavy atom. The number of aryl methyl sites for hydroxylation is 1. The lowest BCUT2D eigenvalue weighted by molar-refractivity contribution is -0.131. The number of carbonyl (C=O) groups excluding carboxylic acids is 1. The zero-order valence-corrected chi connectivity index (χ0v) is 12.1. The van der Waals surface area contributed by atoms with Crippen LogP contribution in [0.3, 0.4) is 0 Å². The van der Waals surface area contributed by atoms with Gasteiger partial charge in [-0.3, -0.25) is 9.89 Å². The molecule has 0 spiro atoms. The molecule has 1 fully saturated rings. The van der Waals surface area contributed by atoms with Crippen LogP contribution in [0.4, 0.5) is 0 Å². The van der Waals surface area contributed by atoms with E-state index >= 15 is 0 Å². The molecule has 2 rings (SSSR count). The highest BCUT2D eigenvalue weighted by atomic mass is 16.2. The molecule has 0 aliphatic carbocycles. The summed E-state index contributed by atoms with van der Waals surface area (Å²) < 4.78 is 0. The Morgan fingerprint density at radius 1 is 1.63 bits per heavy atom. The Hall–Kier alpha value is -1.36. The van der Waals surface area contributed by atoms with Crippen LogP contribution in [0.5, 0.6) is 0 Å². The summed E-state index contributed by atoms with van der Waals surface area (Å²) in [6.45, 7) is 8.51. The van der Waals surface area contributed by atoms with E-state index in [-0.39, 0.29) is 5.91 Å². The van der Waals surface area contributed by atoms with Crippen molar-refractivity contribution in [3.05, 3.63) is 17.5 Å². The molecule has 1 amide bonds. The molecule has 1 aromatic heterocycles. The summed E-state index contributed by atoms with van der Waals surface area (Å²) in [5.41, 5.74) is 2.35. The number of likely N-dealkylation sites (tertiary alicyclic amines) is 1. The monoisotopic (exact) mass is 264 g/mol. The fourth-order valence-electron chi connectivity index (χ4n) is 2.80. The minimum absolute atomic E-state index is 0.197. The third-order valence-electron chi connectivity index (χ3n) is 4.19. The van der Waals surface area contributed by atoms with Crippen molar-refractivity contribution in [2.45, 2.75) is 46.2 Å². The second-order valence-electron chi connectivity index (χ2n) is 5.43. The van der Waals surface area contributed by atoms with Crippen LogP contribution in [0.1, 0.15) is 37.9 Å². The van der Waals surface area contributed by atoms with E-state index < -0.39 is 0 Å². The molecule has 0 aromatic carbocycles. The number of rotatable bonds is 4. The molecule has 19 heavy (non-hydrogen) atoms. The van der Waals surface area contributed by atoms with Crippen molar-refractivity contribution in [1.29, 1.82) is 0 Å². The molecule has 106 valence electrons. The van der Waals surface area contributed by atoms with Gasteiger partial charge >= 0.3 is 0 Å². The highest BCUT2D eigenvalue weighted by Crippen LogP contribution is 2.21. The van der Waals surface area contributed by atoms with Crippen LogP contribution in [0.2, 0.25) is 0 Å². The van der Waals surface area contributed by atoms with Crippen LogP contribution >= 0.6 is 0 Å². The minimum atomic E-state index is 0.197. The van der Waals surface area contributed by atoms with Gasteiger partial charge in [0, 0.05) is 43.9 Å². The number of nitrogens with zero attached hydrogens (tertiary/aromatic N) is 2. The van der Waals surface area contributed by atoms with E-state index in [1.165, 1.54) is 5.56 Å². The van der Waals surface area contributed by atoms with Crippen LogP contribution in [0.25, 0.3) is 0 Å².